The fraction of sp³-hybridized carbons (Fsp3) is 0.471. The largest absolute Gasteiger partial charge is 0.494 e. The van der Waals surface area contributed by atoms with E-state index in [9.17, 15) is 0 Å². The van der Waals surface area contributed by atoms with E-state index in [0.717, 1.165) is 44.2 Å². The number of ether oxygens (including phenoxy) is 4. The van der Waals surface area contributed by atoms with Gasteiger partial charge >= 0.3 is 0 Å². The van der Waals surface area contributed by atoms with E-state index in [-0.39, 0.29) is 6.10 Å². The first-order valence-corrected chi connectivity index (χ1v) is 14.7. The zero-order valence-corrected chi connectivity index (χ0v) is 23.1. The Bertz CT molecular complexity index is 1100. The van der Waals surface area contributed by atoms with Crippen molar-refractivity contribution in [2.75, 3.05) is 32.9 Å². The van der Waals surface area contributed by atoms with Crippen LogP contribution in [-0.4, -0.2) is 39.0 Å². The summed E-state index contributed by atoms with van der Waals surface area (Å²) in [4.78, 5) is 0. The van der Waals surface area contributed by atoms with Crippen LogP contribution >= 0.6 is 0 Å². The molecule has 1 aliphatic carbocycles. The lowest BCUT2D eigenvalue weighted by atomic mass is 9.86. The summed E-state index contributed by atoms with van der Waals surface area (Å²) < 4.78 is 24.3. The van der Waals surface area contributed by atoms with Crippen LogP contribution in [0.25, 0.3) is 0 Å². The Labute approximate surface area is 233 Å². The van der Waals surface area contributed by atoms with Crippen molar-refractivity contribution in [2.24, 2.45) is 5.92 Å². The van der Waals surface area contributed by atoms with Crippen molar-refractivity contribution in [1.29, 1.82) is 0 Å². The van der Waals surface area contributed by atoms with Crippen LogP contribution in [0.4, 0.5) is 0 Å². The monoisotopic (exact) mass is 529 g/mol. The van der Waals surface area contributed by atoms with Crippen LogP contribution in [0.5, 0.6) is 5.75 Å². The summed E-state index contributed by atoms with van der Waals surface area (Å²) in [7, 11) is 0. The molecule has 0 aromatic heterocycles. The second kappa shape index (κ2) is 15.2. The molecule has 0 radical (unpaired) electrons. The van der Waals surface area contributed by atoms with Crippen LogP contribution in [0.3, 0.4) is 0 Å². The minimum absolute atomic E-state index is 0.135. The Morgan fingerprint density at radius 3 is 2.26 bits per heavy atom. The molecule has 0 bridgehead atoms. The fourth-order valence-corrected chi connectivity index (χ4v) is 5.34. The molecular formula is C34H43NO4. The van der Waals surface area contributed by atoms with Crippen LogP contribution < -0.4 is 10.1 Å². The van der Waals surface area contributed by atoms with E-state index < -0.39 is 0 Å². The fourth-order valence-electron chi connectivity index (χ4n) is 5.34. The third kappa shape index (κ3) is 8.64. The van der Waals surface area contributed by atoms with E-state index >= 15 is 0 Å². The van der Waals surface area contributed by atoms with Gasteiger partial charge in [-0.1, -0.05) is 73.2 Å². The van der Waals surface area contributed by atoms with Crippen molar-refractivity contribution in [3.63, 3.8) is 0 Å². The molecule has 5 nitrogen and oxygen atoms in total. The number of rotatable bonds is 15. The molecule has 1 saturated heterocycles. The highest BCUT2D eigenvalue weighted by Gasteiger charge is 2.27. The maximum Gasteiger partial charge on any atom is 0.119 e. The number of nitrogens with one attached hydrogen (secondary N) is 1. The SMILES string of the molecule is c1ccc(COCCCOc2ccc(C3CCNCC3OCc3ccccc3COCC3CCC3)cc2)cc1. The van der Waals surface area contributed by atoms with E-state index in [1.165, 1.54) is 41.5 Å². The molecule has 0 spiro atoms. The molecule has 5 rings (SSSR count). The van der Waals surface area contributed by atoms with Crippen molar-refractivity contribution < 1.29 is 18.9 Å². The zero-order valence-electron chi connectivity index (χ0n) is 23.1. The summed E-state index contributed by atoms with van der Waals surface area (Å²) in [6.07, 6.45) is 6.06. The zero-order chi connectivity index (χ0) is 26.5. The van der Waals surface area contributed by atoms with E-state index in [4.69, 9.17) is 18.9 Å². The standard InChI is InChI=1S/C34H43NO4/c1-2-8-27(9-3-1)23-36-20-7-21-38-32-16-14-29(15-17-32)33-18-19-35-22-34(33)39-26-31-13-5-4-12-30(31)25-37-24-28-10-6-11-28/h1-5,8-9,12-17,28,33-35H,6-7,10-11,18-26H2. The van der Waals surface area contributed by atoms with Gasteiger partial charge in [0.1, 0.15) is 5.75 Å². The molecule has 39 heavy (non-hydrogen) atoms. The van der Waals surface area contributed by atoms with Gasteiger partial charge in [-0.05, 0) is 66.1 Å². The molecule has 1 saturated carbocycles. The highest BCUT2D eigenvalue weighted by atomic mass is 16.5. The maximum absolute atomic E-state index is 6.54. The first-order chi connectivity index (χ1) is 19.3. The molecule has 208 valence electrons. The van der Waals surface area contributed by atoms with Gasteiger partial charge in [0.05, 0.1) is 39.1 Å². The van der Waals surface area contributed by atoms with E-state index in [1.807, 2.05) is 18.2 Å². The van der Waals surface area contributed by atoms with Crippen molar-refractivity contribution in [3.8, 4) is 5.75 Å². The number of piperidine rings is 1. The van der Waals surface area contributed by atoms with Gasteiger partial charge in [0, 0.05) is 25.5 Å². The summed E-state index contributed by atoms with van der Waals surface area (Å²) in [5.41, 5.74) is 4.99. The minimum atomic E-state index is 0.135. The van der Waals surface area contributed by atoms with Crippen LogP contribution in [-0.2, 0) is 34.0 Å². The van der Waals surface area contributed by atoms with Crippen molar-refractivity contribution in [1.82, 2.24) is 5.32 Å². The average Bonchev–Trinajstić information content (AvgIpc) is 2.96. The van der Waals surface area contributed by atoms with Crippen molar-refractivity contribution in [3.05, 3.63) is 101 Å². The lowest BCUT2D eigenvalue weighted by molar-refractivity contribution is 0.00878. The molecule has 3 aromatic carbocycles. The Morgan fingerprint density at radius 1 is 0.718 bits per heavy atom. The van der Waals surface area contributed by atoms with Gasteiger partial charge in [0.2, 0.25) is 0 Å². The molecule has 2 atom stereocenters. The van der Waals surface area contributed by atoms with Crippen LogP contribution in [0.1, 0.15) is 60.3 Å². The molecule has 1 heterocycles. The van der Waals surface area contributed by atoms with Gasteiger partial charge in [0.25, 0.3) is 0 Å². The third-order valence-corrected chi connectivity index (χ3v) is 7.96. The van der Waals surface area contributed by atoms with Crippen LogP contribution in [0.15, 0.2) is 78.9 Å². The predicted molar refractivity (Wildman–Crippen MR) is 155 cm³/mol. The number of hydrogen-bond acceptors (Lipinski definition) is 5. The average molecular weight is 530 g/mol. The summed E-state index contributed by atoms with van der Waals surface area (Å²) >= 11 is 0. The normalized spacial score (nSPS) is 19.5. The first kappa shape index (κ1) is 27.9. The van der Waals surface area contributed by atoms with Gasteiger partial charge in [-0.25, -0.2) is 0 Å². The number of benzene rings is 3. The summed E-state index contributed by atoms with van der Waals surface area (Å²) in [6, 6.07) is 27.4. The van der Waals surface area contributed by atoms with Crippen LogP contribution in [0.2, 0.25) is 0 Å². The molecule has 2 aliphatic rings. The minimum Gasteiger partial charge on any atom is -0.494 e. The first-order valence-electron chi connectivity index (χ1n) is 14.7. The maximum atomic E-state index is 6.54. The topological polar surface area (TPSA) is 49.0 Å². The lowest BCUT2D eigenvalue weighted by Gasteiger charge is -2.33. The molecule has 3 aromatic rings. The highest BCUT2D eigenvalue weighted by molar-refractivity contribution is 5.31. The highest BCUT2D eigenvalue weighted by Crippen LogP contribution is 2.30. The van der Waals surface area contributed by atoms with Gasteiger partial charge in [-0.2, -0.15) is 0 Å². The summed E-state index contributed by atoms with van der Waals surface area (Å²) in [6.45, 7) is 6.03. The Balaban J connectivity index is 1.06. The van der Waals surface area contributed by atoms with Gasteiger partial charge in [-0.15, -0.1) is 0 Å². The van der Waals surface area contributed by atoms with E-state index in [1.54, 1.807) is 0 Å². The van der Waals surface area contributed by atoms with Crippen molar-refractivity contribution in [2.45, 2.75) is 63.9 Å². The molecule has 5 heteroatoms. The van der Waals surface area contributed by atoms with Crippen molar-refractivity contribution >= 4 is 0 Å². The molecule has 1 N–H and O–H groups in total. The predicted octanol–water partition coefficient (Wildman–Crippen LogP) is 6.65. The lowest BCUT2D eigenvalue weighted by Crippen LogP contribution is -2.41. The molecule has 2 fully saturated rings. The summed E-state index contributed by atoms with van der Waals surface area (Å²) in [5, 5.41) is 3.53. The Kier molecular flexibility index (Phi) is 10.8. The Morgan fingerprint density at radius 2 is 1.49 bits per heavy atom. The second-order valence-corrected chi connectivity index (χ2v) is 10.8. The van der Waals surface area contributed by atoms with E-state index in [0.29, 0.717) is 39.0 Å². The molecule has 2 unspecified atom stereocenters. The van der Waals surface area contributed by atoms with E-state index in [2.05, 4.69) is 66.0 Å². The quantitative estimate of drug-likeness (QED) is 0.223. The number of hydrogen-bond donors (Lipinski definition) is 1. The Hall–Kier alpha value is -2.70. The molecule has 0 amide bonds. The van der Waals surface area contributed by atoms with Gasteiger partial charge < -0.3 is 24.3 Å². The molecule has 1 aliphatic heterocycles. The van der Waals surface area contributed by atoms with Gasteiger partial charge in [-0.3, -0.25) is 0 Å². The van der Waals surface area contributed by atoms with Crippen LogP contribution in [0, 0.1) is 5.92 Å². The van der Waals surface area contributed by atoms with Gasteiger partial charge in [0.15, 0.2) is 0 Å². The molecular weight excluding hydrogens is 486 g/mol. The smallest absolute Gasteiger partial charge is 0.119 e. The third-order valence-electron chi connectivity index (χ3n) is 7.96. The second-order valence-electron chi connectivity index (χ2n) is 10.8. The summed E-state index contributed by atoms with van der Waals surface area (Å²) in [5.74, 6) is 2.04.